The zero-order valence-corrected chi connectivity index (χ0v) is 15.0. The second-order valence-corrected chi connectivity index (χ2v) is 6.79. The summed E-state index contributed by atoms with van der Waals surface area (Å²) in [5.41, 5.74) is 2.25. The second kappa shape index (κ2) is 5.86. The molecule has 132 valence electrons. The van der Waals surface area contributed by atoms with Gasteiger partial charge in [0.1, 0.15) is 5.58 Å². The number of aromatic nitrogens is 2. The maximum Gasteiger partial charge on any atom is 0.269 e. The minimum absolute atomic E-state index is 0.250. The van der Waals surface area contributed by atoms with Crippen LogP contribution in [0.15, 0.2) is 74.4 Å². The highest BCUT2D eigenvalue weighted by molar-refractivity contribution is 6.31. The molecule has 0 aliphatic carbocycles. The van der Waals surface area contributed by atoms with Gasteiger partial charge in [0.15, 0.2) is 5.76 Å². The number of rotatable bonds is 2. The van der Waals surface area contributed by atoms with E-state index < -0.39 is 0 Å². The van der Waals surface area contributed by atoms with E-state index in [9.17, 15) is 4.79 Å². The maximum absolute atomic E-state index is 13.3. The summed E-state index contributed by atoms with van der Waals surface area (Å²) in [7, 11) is 0. The molecule has 27 heavy (non-hydrogen) atoms. The zero-order chi connectivity index (χ0) is 18.5. The highest BCUT2D eigenvalue weighted by atomic mass is 35.5. The molecule has 0 unspecified atom stereocenters. The predicted octanol–water partition coefficient (Wildman–Crippen LogP) is 5.35. The van der Waals surface area contributed by atoms with Crippen LogP contribution in [0.1, 0.15) is 5.69 Å². The molecule has 0 fully saturated rings. The van der Waals surface area contributed by atoms with E-state index in [2.05, 4.69) is 5.16 Å². The second-order valence-electron chi connectivity index (χ2n) is 6.36. The summed E-state index contributed by atoms with van der Waals surface area (Å²) in [6.45, 7) is 1.81. The van der Waals surface area contributed by atoms with Crippen molar-refractivity contribution < 1.29 is 8.94 Å². The first-order valence-electron chi connectivity index (χ1n) is 8.38. The molecule has 0 atom stereocenters. The van der Waals surface area contributed by atoms with Gasteiger partial charge in [0.2, 0.25) is 5.88 Å². The van der Waals surface area contributed by atoms with Gasteiger partial charge in [-0.15, -0.1) is 0 Å². The van der Waals surface area contributed by atoms with Crippen molar-refractivity contribution >= 4 is 33.5 Å². The van der Waals surface area contributed by atoms with Crippen LogP contribution < -0.4 is 5.56 Å². The van der Waals surface area contributed by atoms with Crippen molar-refractivity contribution in [3.8, 4) is 17.2 Å². The first kappa shape index (κ1) is 15.9. The number of fused-ring (bicyclic) bond motifs is 2. The quantitative estimate of drug-likeness (QED) is 0.416. The third kappa shape index (κ3) is 2.55. The number of hydrogen-bond acceptors (Lipinski definition) is 4. The van der Waals surface area contributed by atoms with Crippen molar-refractivity contribution in [2.24, 2.45) is 0 Å². The topological polar surface area (TPSA) is 61.2 Å². The Morgan fingerprint density at radius 2 is 1.85 bits per heavy atom. The van der Waals surface area contributed by atoms with E-state index in [4.69, 9.17) is 20.5 Å². The predicted molar refractivity (Wildman–Crippen MR) is 105 cm³/mol. The number of para-hydroxylation sites is 1. The van der Waals surface area contributed by atoms with Crippen LogP contribution in [0, 0.1) is 6.92 Å². The van der Waals surface area contributed by atoms with E-state index in [0.717, 1.165) is 10.8 Å². The van der Waals surface area contributed by atoms with Crippen molar-refractivity contribution in [3.63, 3.8) is 0 Å². The van der Waals surface area contributed by atoms with Gasteiger partial charge in [0.05, 0.1) is 16.8 Å². The molecule has 0 saturated carbocycles. The lowest BCUT2D eigenvalue weighted by atomic mass is 10.1. The van der Waals surface area contributed by atoms with E-state index >= 15 is 0 Å². The summed E-state index contributed by atoms with van der Waals surface area (Å²) in [6, 6.07) is 18.3. The van der Waals surface area contributed by atoms with E-state index in [0.29, 0.717) is 39.0 Å². The fourth-order valence-corrected chi connectivity index (χ4v) is 3.44. The highest BCUT2D eigenvalue weighted by Gasteiger charge is 2.18. The molecule has 3 heterocycles. The Hall–Kier alpha value is -3.31. The molecule has 5 rings (SSSR count). The largest absolute Gasteiger partial charge is 0.440 e. The van der Waals surface area contributed by atoms with Crippen molar-refractivity contribution in [2.45, 2.75) is 6.92 Å². The minimum Gasteiger partial charge on any atom is -0.440 e. The molecular formula is C21H13ClN2O3. The van der Waals surface area contributed by atoms with Crippen LogP contribution in [0.5, 0.6) is 0 Å². The Morgan fingerprint density at radius 1 is 1.00 bits per heavy atom. The monoisotopic (exact) mass is 376 g/mol. The third-order valence-corrected chi connectivity index (χ3v) is 4.73. The summed E-state index contributed by atoms with van der Waals surface area (Å²) in [5, 5.41) is 6.19. The standard InChI is InChI=1S/C21H13ClN2O3/c1-12-8-19(27-23-12)16-10-14-9-15(22)6-7-17(14)24(21(16)25)20-11-13-4-2-3-5-18(13)26-20/h2-11H,1H3. The molecule has 0 aliphatic heterocycles. The van der Waals surface area contributed by atoms with E-state index in [-0.39, 0.29) is 5.56 Å². The number of halogens is 1. The van der Waals surface area contributed by atoms with Gasteiger partial charge in [-0.1, -0.05) is 35.0 Å². The molecule has 2 aromatic carbocycles. The van der Waals surface area contributed by atoms with Gasteiger partial charge in [-0.25, -0.2) is 4.57 Å². The fraction of sp³-hybridized carbons (Fsp3) is 0.0476. The first-order valence-corrected chi connectivity index (χ1v) is 8.76. The Morgan fingerprint density at radius 3 is 2.63 bits per heavy atom. The first-order chi connectivity index (χ1) is 13.1. The lowest BCUT2D eigenvalue weighted by molar-refractivity contribution is 0.426. The van der Waals surface area contributed by atoms with Crippen molar-refractivity contribution in [1.82, 2.24) is 9.72 Å². The normalized spacial score (nSPS) is 11.5. The molecule has 0 bridgehead atoms. The summed E-state index contributed by atoms with van der Waals surface area (Å²) in [4.78, 5) is 13.3. The fourth-order valence-electron chi connectivity index (χ4n) is 3.26. The minimum atomic E-state index is -0.250. The highest BCUT2D eigenvalue weighted by Crippen LogP contribution is 2.28. The van der Waals surface area contributed by atoms with Crippen LogP contribution in [0.4, 0.5) is 0 Å². The van der Waals surface area contributed by atoms with Crippen LogP contribution in [0.3, 0.4) is 0 Å². The van der Waals surface area contributed by atoms with Crippen molar-refractivity contribution in [1.29, 1.82) is 0 Å². The van der Waals surface area contributed by atoms with Crippen LogP contribution >= 0.6 is 11.6 Å². The SMILES string of the molecule is Cc1cc(-c2cc3cc(Cl)ccc3n(-c3cc4ccccc4o3)c2=O)on1. The number of nitrogens with zero attached hydrogens (tertiary/aromatic N) is 2. The molecule has 3 aromatic heterocycles. The molecule has 6 heteroatoms. The summed E-state index contributed by atoms with van der Waals surface area (Å²) < 4.78 is 12.8. The Labute approximate surface area is 158 Å². The number of pyridine rings is 1. The van der Waals surface area contributed by atoms with Crippen LogP contribution in [0.2, 0.25) is 5.02 Å². The molecule has 0 N–H and O–H groups in total. The summed E-state index contributed by atoms with van der Waals surface area (Å²) in [5.74, 6) is 0.843. The summed E-state index contributed by atoms with van der Waals surface area (Å²) >= 11 is 6.18. The number of benzene rings is 2. The lowest BCUT2D eigenvalue weighted by Gasteiger charge is -2.10. The Balaban J connectivity index is 1.89. The van der Waals surface area contributed by atoms with Crippen LogP contribution in [-0.4, -0.2) is 9.72 Å². The van der Waals surface area contributed by atoms with Gasteiger partial charge in [-0.3, -0.25) is 4.79 Å². The molecule has 5 aromatic rings. The van der Waals surface area contributed by atoms with Crippen molar-refractivity contribution in [2.75, 3.05) is 0 Å². The van der Waals surface area contributed by atoms with Gasteiger partial charge in [-0.05, 0) is 37.3 Å². The van der Waals surface area contributed by atoms with Crippen molar-refractivity contribution in [3.05, 3.63) is 81.7 Å². The average molecular weight is 377 g/mol. The molecule has 0 amide bonds. The molecule has 0 spiro atoms. The lowest BCUT2D eigenvalue weighted by Crippen LogP contribution is -2.20. The number of aryl methyl sites for hydroxylation is 1. The molecular weight excluding hydrogens is 364 g/mol. The van der Waals surface area contributed by atoms with Crippen LogP contribution in [-0.2, 0) is 0 Å². The maximum atomic E-state index is 13.3. The Bertz CT molecular complexity index is 1340. The van der Waals surface area contributed by atoms with Gasteiger partial charge in [-0.2, -0.15) is 0 Å². The summed E-state index contributed by atoms with van der Waals surface area (Å²) in [6.07, 6.45) is 0. The van der Waals surface area contributed by atoms with Crippen LogP contribution in [0.25, 0.3) is 39.1 Å². The molecule has 0 aliphatic rings. The van der Waals surface area contributed by atoms with Gasteiger partial charge < -0.3 is 8.94 Å². The van der Waals surface area contributed by atoms with Gasteiger partial charge in [0.25, 0.3) is 5.56 Å². The van der Waals surface area contributed by atoms with Gasteiger partial charge >= 0.3 is 0 Å². The molecule has 0 radical (unpaired) electrons. The third-order valence-electron chi connectivity index (χ3n) is 4.49. The number of hydrogen-bond donors (Lipinski definition) is 0. The smallest absolute Gasteiger partial charge is 0.269 e. The van der Waals surface area contributed by atoms with E-state index in [1.165, 1.54) is 0 Å². The zero-order valence-electron chi connectivity index (χ0n) is 14.3. The molecule has 5 nitrogen and oxygen atoms in total. The van der Waals surface area contributed by atoms with E-state index in [1.54, 1.807) is 22.8 Å². The Kier molecular flexibility index (Phi) is 3.45. The van der Waals surface area contributed by atoms with E-state index in [1.807, 2.05) is 49.4 Å². The van der Waals surface area contributed by atoms with Gasteiger partial charge in [0, 0.05) is 27.9 Å². The number of furan rings is 1. The average Bonchev–Trinajstić information content (AvgIpc) is 3.27. The molecule has 0 saturated heterocycles.